The number of hydrogen-bond acceptors (Lipinski definition) is 4. The van der Waals surface area contributed by atoms with E-state index in [9.17, 15) is 4.21 Å². The Morgan fingerprint density at radius 1 is 1.19 bits per heavy atom. The Kier molecular flexibility index (Phi) is 5.07. The van der Waals surface area contributed by atoms with Crippen LogP contribution in [0.1, 0.15) is 24.0 Å². The molecule has 1 heterocycles. The predicted octanol–water partition coefficient (Wildman–Crippen LogP) is 2.72. The summed E-state index contributed by atoms with van der Waals surface area (Å²) in [6.45, 7) is 4.77. The van der Waals surface area contributed by atoms with Crippen molar-refractivity contribution in [2.45, 2.75) is 31.7 Å². The highest BCUT2D eigenvalue weighted by atomic mass is 32.2. The van der Waals surface area contributed by atoms with E-state index in [-0.39, 0.29) is 0 Å². The van der Waals surface area contributed by atoms with Crippen LogP contribution in [0.15, 0.2) is 35.2 Å². The zero-order chi connectivity index (χ0) is 15.4. The van der Waals surface area contributed by atoms with E-state index in [1.165, 1.54) is 5.56 Å². The van der Waals surface area contributed by atoms with Gasteiger partial charge in [0.05, 0.1) is 0 Å². The molecular formula is C16H21N3OS. The molecule has 0 aliphatic rings. The van der Waals surface area contributed by atoms with E-state index in [1.807, 2.05) is 44.3 Å². The van der Waals surface area contributed by atoms with Crippen molar-refractivity contribution in [1.82, 2.24) is 9.97 Å². The number of nitrogens with zero attached hydrogens (tertiary/aromatic N) is 3. The predicted molar refractivity (Wildman–Crippen MR) is 87.0 cm³/mol. The molecule has 1 aromatic heterocycles. The third-order valence-electron chi connectivity index (χ3n) is 3.31. The van der Waals surface area contributed by atoms with Gasteiger partial charge in [-0.1, -0.05) is 19.1 Å². The van der Waals surface area contributed by atoms with Crippen LogP contribution in [0.3, 0.4) is 0 Å². The summed E-state index contributed by atoms with van der Waals surface area (Å²) in [6.07, 6.45) is 2.60. The van der Waals surface area contributed by atoms with Crippen LogP contribution in [-0.2, 0) is 23.8 Å². The zero-order valence-corrected chi connectivity index (χ0v) is 13.8. The summed E-state index contributed by atoms with van der Waals surface area (Å²) in [5.41, 5.74) is 2.22. The van der Waals surface area contributed by atoms with E-state index in [2.05, 4.69) is 21.8 Å². The first kappa shape index (κ1) is 15.6. The van der Waals surface area contributed by atoms with Gasteiger partial charge >= 0.3 is 0 Å². The van der Waals surface area contributed by atoms with Crippen LogP contribution in [0.2, 0.25) is 0 Å². The van der Waals surface area contributed by atoms with Crippen molar-refractivity contribution >= 4 is 16.6 Å². The Morgan fingerprint density at radius 3 is 2.43 bits per heavy atom. The Hall–Kier alpha value is -1.75. The van der Waals surface area contributed by atoms with Gasteiger partial charge in [0.15, 0.2) is 0 Å². The van der Waals surface area contributed by atoms with Gasteiger partial charge in [0.1, 0.15) is 11.6 Å². The summed E-state index contributed by atoms with van der Waals surface area (Å²) >= 11 is 0. The standard InChI is InChI=1S/C16H21N3OS/c1-5-14-10-16(18-12(2)17-14)19(3)11-13-6-8-15(9-7-13)21(4)20/h6-10H,5,11H2,1-4H3. The van der Waals surface area contributed by atoms with Crippen molar-refractivity contribution in [2.24, 2.45) is 0 Å². The topological polar surface area (TPSA) is 46.1 Å². The highest BCUT2D eigenvalue weighted by Crippen LogP contribution is 2.16. The number of anilines is 1. The summed E-state index contributed by atoms with van der Waals surface area (Å²) < 4.78 is 11.4. The molecular weight excluding hydrogens is 282 g/mol. The third-order valence-corrected chi connectivity index (χ3v) is 4.24. The maximum absolute atomic E-state index is 11.4. The van der Waals surface area contributed by atoms with Crippen molar-refractivity contribution in [3.8, 4) is 0 Å². The van der Waals surface area contributed by atoms with Crippen molar-refractivity contribution in [2.75, 3.05) is 18.2 Å². The lowest BCUT2D eigenvalue weighted by molar-refractivity contribution is 0.686. The fourth-order valence-corrected chi connectivity index (χ4v) is 2.65. The van der Waals surface area contributed by atoms with Crippen LogP contribution in [0.4, 0.5) is 5.82 Å². The van der Waals surface area contributed by atoms with E-state index >= 15 is 0 Å². The van der Waals surface area contributed by atoms with Crippen LogP contribution in [-0.4, -0.2) is 27.5 Å². The Labute approximate surface area is 128 Å². The highest BCUT2D eigenvalue weighted by molar-refractivity contribution is 7.84. The molecule has 21 heavy (non-hydrogen) atoms. The molecule has 4 nitrogen and oxygen atoms in total. The molecule has 1 atom stereocenters. The van der Waals surface area contributed by atoms with Gasteiger partial charge in [0, 0.05) is 47.3 Å². The number of benzene rings is 1. The molecule has 2 rings (SSSR count). The quantitative estimate of drug-likeness (QED) is 0.852. The Balaban J connectivity index is 2.15. The summed E-state index contributed by atoms with van der Waals surface area (Å²) in [6, 6.07) is 9.90. The second-order valence-corrected chi connectivity index (χ2v) is 6.45. The van der Waals surface area contributed by atoms with Gasteiger partial charge in [-0.05, 0) is 31.0 Å². The summed E-state index contributed by atoms with van der Waals surface area (Å²) in [5.74, 6) is 1.73. The Morgan fingerprint density at radius 2 is 1.86 bits per heavy atom. The van der Waals surface area contributed by atoms with E-state index in [1.54, 1.807) is 6.26 Å². The van der Waals surface area contributed by atoms with Crippen LogP contribution in [0, 0.1) is 6.92 Å². The summed E-state index contributed by atoms with van der Waals surface area (Å²) in [7, 11) is 1.09. The normalized spacial score (nSPS) is 12.2. The molecule has 2 aromatic rings. The first-order chi connectivity index (χ1) is 9.99. The lowest BCUT2D eigenvalue weighted by atomic mass is 10.2. The molecule has 0 bridgehead atoms. The zero-order valence-electron chi connectivity index (χ0n) is 13.0. The summed E-state index contributed by atoms with van der Waals surface area (Å²) in [4.78, 5) is 11.8. The van der Waals surface area contributed by atoms with E-state index in [0.29, 0.717) is 0 Å². The molecule has 0 N–H and O–H groups in total. The lowest BCUT2D eigenvalue weighted by Gasteiger charge is -2.19. The van der Waals surface area contributed by atoms with E-state index in [0.717, 1.165) is 35.2 Å². The molecule has 5 heteroatoms. The molecule has 0 spiro atoms. The molecule has 0 saturated heterocycles. The highest BCUT2D eigenvalue weighted by Gasteiger charge is 2.07. The van der Waals surface area contributed by atoms with Gasteiger partial charge in [-0.2, -0.15) is 0 Å². The molecule has 0 aliphatic carbocycles. The fourth-order valence-electron chi connectivity index (χ4n) is 2.13. The fraction of sp³-hybridized carbons (Fsp3) is 0.375. The minimum atomic E-state index is -0.928. The minimum absolute atomic E-state index is 0.760. The second-order valence-electron chi connectivity index (χ2n) is 5.07. The van der Waals surface area contributed by atoms with Crippen LogP contribution in [0.5, 0.6) is 0 Å². The van der Waals surface area contributed by atoms with Gasteiger partial charge in [0.2, 0.25) is 0 Å². The monoisotopic (exact) mass is 303 g/mol. The molecule has 112 valence electrons. The third kappa shape index (κ3) is 4.11. The first-order valence-electron chi connectivity index (χ1n) is 6.97. The van der Waals surface area contributed by atoms with Gasteiger partial charge in [-0.3, -0.25) is 4.21 Å². The van der Waals surface area contributed by atoms with E-state index in [4.69, 9.17) is 0 Å². The number of aromatic nitrogens is 2. The van der Waals surface area contributed by atoms with Gasteiger partial charge in [-0.15, -0.1) is 0 Å². The SMILES string of the molecule is CCc1cc(N(C)Cc2ccc(S(C)=O)cc2)nc(C)n1. The lowest BCUT2D eigenvalue weighted by Crippen LogP contribution is -2.18. The maximum Gasteiger partial charge on any atom is 0.132 e. The number of aryl methyl sites for hydroxylation is 2. The second kappa shape index (κ2) is 6.80. The van der Waals surface area contributed by atoms with Crippen molar-refractivity contribution in [1.29, 1.82) is 0 Å². The van der Waals surface area contributed by atoms with E-state index < -0.39 is 10.8 Å². The average Bonchev–Trinajstić information content (AvgIpc) is 2.47. The van der Waals surface area contributed by atoms with Crippen LogP contribution < -0.4 is 4.90 Å². The Bertz CT molecular complexity index is 640. The molecule has 0 amide bonds. The van der Waals surface area contributed by atoms with Crippen molar-refractivity contribution in [3.63, 3.8) is 0 Å². The molecule has 1 unspecified atom stereocenters. The molecule has 0 aliphatic heterocycles. The maximum atomic E-state index is 11.4. The molecule has 0 radical (unpaired) electrons. The number of hydrogen-bond donors (Lipinski definition) is 0. The minimum Gasteiger partial charge on any atom is -0.355 e. The number of rotatable bonds is 5. The van der Waals surface area contributed by atoms with Crippen molar-refractivity contribution < 1.29 is 4.21 Å². The average molecular weight is 303 g/mol. The van der Waals surface area contributed by atoms with Gasteiger partial charge < -0.3 is 4.90 Å². The van der Waals surface area contributed by atoms with Gasteiger partial charge in [0.25, 0.3) is 0 Å². The van der Waals surface area contributed by atoms with Crippen LogP contribution in [0.25, 0.3) is 0 Å². The largest absolute Gasteiger partial charge is 0.355 e. The van der Waals surface area contributed by atoms with Crippen molar-refractivity contribution in [3.05, 3.63) is 47.4 Å². The summed E-state index contributed by atoms with van der Waals surface area (Å²) in [5, 5.41) is 0. The molecule has 0 fully saturated rings. The first-order valence-corrected chi connectivity index (χ1v) is 8.53. The van der Waals surface area contributed by atoms with Crippen LogP contribution >= 0.6 is 0 Å². The smallest absolute Gasteiger partial charge is 0.132 e. The molecule has 0 saturated carbocycles. The molecule has 1 aromatic carbocycles. The van der Waals surface area contributed by atoms with Gasteiger partial charge in [-0.25, -0.2) is 9.97 Å².